The number of benzene rings is 1. The van der Waals surface area contributed by atoms with Gasteiger partial charge in [0.25, 0.3) is 0 Å². The van der Waals surface area contributed by atoms with Gasteiger partial charge < -0.3 is 20.3 Å². The van der Waals surface area contributed by atoms with Crippen LogP contribution in [0.1, 0.15) is 17.2 Å². The lowest BCUT2D eigenvalue weighted by Crippen LogP contribution is -2.47. The quantitative estimate of drug-likeness (QED) is 0.567. The Labute approximate surface area is 165 Å². The van der Waals surface area contributed by atoms with Crippen molar-refractivity contribution in [1.82, 2.24) is 25.3 Å². The third-order valence-corrected chi connectivity index (χ3v) is 4.88. The van der Waals surface area contributed by atoms with Gasteiger partial charge in [-0.3, -0.25) is 14.5 Å². The predicted molar refractivity (Wildman–Crippen MR) is 108 cm³/mol. The van der Waals surface area contributed by atoms with Crippen LogP contribution in [-0.4, -0.2) is 66.4 Å². The van der Waals surface area contributed by atoms with Crippen molar-refractivity contribution in [1.29, 1.82) is 0 Å². The maximum absolute atomic E-state index is 13.1. The van der Waals surface area contributed by atoms with Crippen LogP contribution in [0.3, 0.4) is 0 Å². The average molecular weight is 384 g/mol. The second-order valence-corrected chi connectivity index (χ2v) is 6.65. The fourth-order valence-corrected chi connectivity index (χ4v) is 3.21. The number of hydrogen-bond acceptors (Lipinski definition) is 4. The number of nitrogens with zero attached hydrogens (tertiary/aromatic N) is 4. The number of carbonyl (C=O) groups excluding carboxylic acids is 1. The molecule has 1 aliphatic heterocycles. The molecule has 2 heterocycles. The van der Waals surface area contributed by atoms with E-state index in [2.05, 4.69) is 20.7 Å². The van der Waals surface area contributed by atoms with Crippen molar-refractivity contribution in [2.24, 2.45) is 12.0 Å². The number of ether oxygens (including phenoxy) is 1. The van der Waals surface area contributed by atoms with Crippen LogP contribution < -0.4 is 10.6 Å². The van der Waals surface area contributed by atoms with Crippen LogP contribution in [0.4, 0.5) is 0 Å². The molecule has 8 nitrogen and oxygen atoms in total. The number of guanidine groups is 1. The van der Waals surface area contributed by atoms with Gasteiger partial charge in [-0.2, -0.15) is 5.10 Å². The first kappa shape index (κ1) is 19.9. The van der Waals surface area contributed by atoms with Crippen LogP contribution in [0.2, 0.25) is 0 Å². The molecule has 1 aliphatic rings. The van der Waals surface area contributed by atoms with E-state index in [1.807, 2.05) is 53.0 Å². The van der Waals surface area contributed by atoms with Crippen LogP contribution in [0.15, 0.2) is 47.6 Å². The van der Waals surface area contributed by atoms with Crippen molar-refractivity contribution in [3.05, 3.63) is 53.9 Å². The highest BCUT2D eigenvalue weighted by molar-refractivity contribution is 5.86. The molecule has 0 spiro atoms. The van der Waals surface area contributed by atoms with Gasteiger partial charge in [-0.1, -0.05) is 30.3 Å². The molecule has 0 bridgehead atoms. The van der Waals surface area contributed by atoms with E-state index in [0.717, 1.165) is 11.3 Å². The van der Waals surface area contributed by atoms with Gasteiger partial charge in [0.15, 0.2) is 5.96 Å². The number of aromatic nitrogens is 2. The zero-order valence-electron chi connectivity index (χ0n) is 16.5. The second-order valence-electron chi connectivity index (χ2n) is 6.65. The van der Waals surface area contributed by atoms with Crippen LogP contribution in [0.5, 0.6) is 0 Å². The molecule has 1 amide bonds. The molecule has 150 valence electrons. The van der Waals surface area contributed by atoms with E-state index in [9.17, 15) is 4.79 Å². The third kappa shape index (κ3) is 5.10. The molecule has 1 atom stereocenters. The smallest absolute Gasteiger partial charge is 0.232 e. The van der Waals surface area contributed by atoms with Crippen molar-refractivity contribution >= 4 is 11.9 Å². The number of carbonyl (C=O) groups is 1. The highest BCUT2D eigenvalue weighted by Gasteiger charge is 2.27. The summed E-state index contributed by atoms with van der Waals surface area (Å²) in [6, 6.07) is 11.8. The summed E-state index contributed by atoms with van der Waals surface area (Å²) in [5.74, 6) is 0.482. The number of morpholine rings is 1. The van der Waals surface area contributed by atoms with Gasteiger partial charge in [0.05, 0.1) is 31.4 Å². The maximum Gasteiger partial charge on any atom is 0.232 e. The monoisotopic (exact) mass is 384 g/mol. The minimum absolute atomic E-state index is 0.115. The topological polar surface area (TPSA) is 83.8 Å². The van der Waals surface area contributed by atoms with E-state index in [-0.39, 0.29) is 11.8 Å². The molecule has 1 fully saturated rings. The summed E-state index contributed by atoms with van der Waals surface area (Å²) < 4.78 is 7.20. The zero-order valence-corrected chi connectivity index (χ0v) is 16.5. The Morgan fingerprint density at radius 2 is 1.96 bits per heavy atom. The van der Waals surface area contributed by atoms with E-state index in [1.54, 1.807) is 13.2 Å². The van der Waals surface area contributed by atoms with Crippen LogP contribution in [0, 0.1) is 0 Å². The van der Waals surface area contributed by atoms with Crippen LogP contribution in [-0.2, 0) is 23.1 Å². The van der Waals surface area contributed by atoms with Crippen molar-refractivity contribution in [2.75, 3.05) is 39.9 Å². The summed E-state index contributed by atoms with van der Waals surface area (Å²) in [6.07, 6.45) is 1.76. The Morgan fingerprint density at radius 1 is 1.21 bits per heavy atom. The molecule has 1 aromatic carbocycles. The lowest BCUT2D eigenvalue weighted by molar-refractivity contribution is -0.136. The Hall–Kier alpha value is -2.87. The molecular weight excluding hydrogens is 356 g/mol. The first-order valence-electron chi connectivity index (χ1n) is 9.52. The number of aliphatic imine (C=N–C) groups is 1. The standard InChI is InChI=1S/C20H28N6O2/c1-21-20(22-14-17-8-9-24-25(17)2)23-15-18(16-6-4-3-5-7-16)19(27)26-10-12-28-13-11-26/h3-9,18H,10-15H2,1-2H3,(H2,21,22,23). The Morgan fingerprint density at radius 3 is 2.61 bits per heavy atom. The van der Waals surface area contributed by atoms with Gasteiger partial charge in [0, 0.05) is 39.9 Å². The Kier molecular flexibility index (Phi) is 7.02. The molecular formula is C20H28N6O2. The van der Waals surface area contributed by atoms with E-state index in [1.165, 1.54) is 0 Å². The van der Waals surface area contributed by atoms with Gasteiger partial charge in [-0.05, 0) is 11.6 Å². The van der Waals surface area contributed by atoms with Crippen molar-refractivity contribution < 1.29 is 9.53 Å². The average Bonchev–Trinajstić information content (AvgIpc) is 3.16. The highest BCUT2D eigenvalue weighted by atomic mass is 16.5. The molecule has 1 aromatic heterocycles. The minimum Gasteiger partial charge on any atom is -0.378 e. The van der Waals surface area contributed by atoms with E-state index in [4.69, 9.17) is 4.74 Å². The molecule has 3 rings (SSSR count). The number of rotatable bonds is 6. The minimum atomic E-state index is -0.283. The number of amides is 1. The maximum atomic E-state index is 13.1. The second kappa shape index (κ2) is 9.89. The predicted octanol–water partition coefficient (Wildman–Crippen LogP) is 0.728. The molecule has 0 saturated carbocycles. The summed E-state index contributed by atoms with van der Waals surface area (Å²) in [5, 5.41) is 10.7. The summed E-state index contributed by atoms with van der Waals surface area (Å²) in [5.41, 5.74) is 2.04. The third-order valence-electron chi connectivity index (χ3n) is 4.88. The summed E-state index contributed by atoms with van der Waals surface area (Å²) in [6.45, 7) is 3.52. The van der Waals surface area contributed by atoms with Gasteiger partial charge in [-0.25, -0.2) is 0 Å². The zero-order chi connectivity index (χ0) is 19.8. The molecule has 0 radical (unpaired) electrons. The van der Waals surface area contributed by atoms with E-state index in [0.29, 0.717) is 45.4 Å². The first-order chi connectivity index (χ1) is 13.7. The lowest BCUT2D eigenvalue weighted by Gasteiger charge is -2.31. The van der Waals surface area contributed by atoms with Crippen LogP contribution >= 0.6 is 0 Å². The summed E-state index contributed by atoms with van der Waals surface area (Å²) >= 11 is 0. The molecule has 2 N–H and O–H groups in total. The Bertz CT molecular complexity index is 783. The molecule has 8 heteroatoms. The SMILES string of the molecule is CN=C(NCc1ccnn1C)NCC(C(=O)N1CCOCC1)c1ccccc1. The van der Waals surface area contributed by atoms with E-state index < -0.39 is 0 Å². The van der Waals surface area contributed by atoms with Gasteiger partial charge in [0.2, 0.25) is 5.91 Å². The number of hydrogen-bond donors (Lipinski definition) is 2. The van der Waals surface area contributed by atoms with Gasteiger partial charge in [0.1, 0.15) is 0 Å². The molecule has 0 aliphatic carbocycles. The Balaban J connectivity index is 1.64. The highest BCUT2D eigenvalue weighted by Crippen LogP contribution is 2.18. The van der Waals surface area contributed by atoms with Crippen molar-refractivity contribution in [3.63, 3.8) is 0 Å². The molecule has 28 heavy (non-hydrogen) atoms. The molecule has 1 unspecified atom stereocenters. The fourth-order valence-electron chi connectivity index (χ4n) is 3.21. The largest absolute Gasteiger partial charge is 0.378 e. The van der Waals surface area contributed by atoms with Crippen LogP contribution in [0.25, 0.3) is 0 Å². The molecule has 2 aromatic rings. The fraction of sp³-hybridized carbons (Fsp3) is 0.450. The number of nitrogens with one attached hydrogen (secondary N) is 2. The normalized spacial score (nSPS) is 15.9. The van der Waals surface area contributed by atoms with Crippen molar-refractivity contribution in [3.8, 4) is 0 Å². The van der Waals surface area contributed by atoms with Gasteiger partial charge in [-0.15, -0.1) is 0 Å². The summed E-state index contributed by atoms with van der Waals surface area (Å²) in [7, 11) is 3.62. The molecule has 1 saturated heterocycles. The van der Waals surface area contributed by atoms with Gasteiger partial charge >= 0.3 is 0 Å². The lowest BCUT2D eigenvalue weighted by atomic mass is 9.97. The van der Waals surface area contributed by atoms with Crippen molar-refractivity contribution in [2.45, 2.75) is 12.5 Å². The number of aryl methyl sites for hydroxylation is 1. The van der Waals surface area contributed by atoms with E-state index >= 15 is 0 Å². The first-order valence-corrected chi connectivity index (χ1v) is 9.52. The summed E-state index contributed by atoms with van der Waals surface area (Å²) in [4.78, 5) is 19.3.